The van der Waals surface area contributed by atoms with Crippen molar-refractivity contribution in [2.45, 2.75) is 13.3 Å². The lowest BCUT2D eigenvalue weighted by molar-refractivity contribution is 0.0603. The Balaban J connectivity index is 2.26. The first-order valence-electron chi connectivity index (χ1n) is 7.52. The fourth-order valence-corrected chi connectivity index (χ4v) is 2.58. The van der Waals surface area contributed by atoms with E-state index in [0.717, 1.165) is 16.8 Å². The Morgan fingerprint density at radius 1 is 1.33 bits per heavy atom. The number of hydrogen-bond acceptors (Lipinski definition) is 6. The predicted octanol–water partition coefficient (Wildman–Crippen LogP) is 2.08. The van der Waals surface area contributed by atoms with E-state index in [-0.39, 0.29) is 0 Å². The van der Waals surface area contributed by atoms with Crippen LogP contribution in [0.5, 0.6) is 0 Å². The summed E-state index contributed by atoms with van der Waals surface area (Å²) in [5.41, 5.74) is 3.28. The van der Waals surface area contributed by atoms with Crippen molar-refractivity contribution in [1.29, 1.82) is 0 Å². The average molecular weight is 326 g/mol. The number of aromatic nitrogens is 4. The van der Waals surface area contributed by atoms with Crippen LogP contribution in [0.4, 0.5) is 0 Å². The number of fused-ring (bicyclic) bond motifs is 1. The van der Waals surface area contributed by atoms with Crippen LogP contribution in [0.3, 0.4) is 0 Å². The molecule has 24 heavy (non-hydrogen) atoms. The van der Waals surface area contributed by atoms with E-state index in [2.05, 4.69) is 15.1 Å². The van der Waals surface area contributed by atoms with Crippen molar-refractivity contribution in [2.24, 2.45) is 0 Å². The lowest BCUT2D eigenvalue weighted by atomic mass is 10.0. The molecule has 0 amide bonds. The molecule has 3 heterocycles. The number of carbonyl (C=O) groups is 1. The molecule has 0 aromatic carbocycles. The maximum atomic E-state index is 12.4. The van der Waals surface area contributed by atoms with E-state index in [0.29, 0.717) is 30.1 Å². The fraction of sp³-hybridized carbons (Fsp3) is 0.294. The number of methoxy groups -OCH3 is 2. The molecule has 7 nitrogen and oxygen atoms in total. The topological polar surface area (TPSA) is 78.6 Å². The highest BCUT2D eigenvalue weighted by Crippen LogP contribution is 2.28. The van der Waals surface area contributed by atoms with Crippen molar-refractivity contribution in [3.8, 4) is 11.1 Å². The Hall–Kier alpha value is -2.80. The second kappa shape index (κ2) is 6.76. The van der Waals surface area contributed by atoms with Crippen molar-refractivity contribution in [2.75, 3.05) is 20.8 Å². The Labute approximate surface area is 139 Å². The van der Waals surface area contributed by atoms with Crippen LogP contribution >= 0.6 is 0 Å². The van der Waals surface area contributed by atoms with E-state index in [1.54, 1.807) is 24.0 Å². The zero-order chi connectivity index (χ0) is 17.1. The smallest absolute Gasteiger partial charge is 0.342 e. The molecule has 0 radical (unpaired) electrons. The third kappa shape index (κ3) is 2.85. The van der Waals surface area contributed by atoms with Gasteiger partial charge in [-0.1, -0.05) is 6.07 Å². The zero-order valence-electron chi connectivity index (χ0n) is 13.8. The maximum absolute atomic E-state index is 12.4. The molecule has 124 valence electrons. The monoisotopic (exact) mass is 326 g/mol. The van der Waals surface area contributed by atoms with Crippen LogP contribution in [0.1, 0.15) is 21.9 Å². The van der Waals surface area contributed by atoms with E-state index in [9.17, 15) is 4.79 Å². The lowest BCUT2D eigenvalue weighted by Gasteiger charge is -2.11. The minimum atomic E-state index is -0.454. The summed E-state index contributed by atoms with van der Waals surface area (Å²) in [5, 5.41) is 4.46. The quantitative estimate of drug-likeness (QED) is 0.668. The molecule has 0 spiro atoms. The van der Waals surface area contributed by atoms with Crippen molar-refractivity contribution in [3.63, 3.8) is 0 Å². The van der Waals surface area contributed by atoms with Crippen LogP contribution in [0.2, 0.25) is 0 Å². The van der Waals surface area contributed by atoms with Gasteiger partial charge < -0.3 is 9.47 Å². The molecule has 0 saturated heterocycles. The SMILES string of the molecule is COCCc1nc2c(C(=O)OC)c(-c3cccnc3)cc(C)n2n1. The molecule has 0 fully saturated rings. The number of ether oxygens (including phenoxy) is 2. The summed E-state index contributed by atoms with van der Waals surface area (Å²) in [4.78, 5) is 21.1. The van der Waals surface area contributed by atoms with Crippen LogP contribution in [0.25, 0.3) is 16.8 Å². The molecule has 0 unspecified atom stereocenters. The van der Waals surface area contributed by atoms with Gasteiger partial charge in [-0.3, -0.25) is 4.98 Å². The molecular weight excluding hydrogens is 308 g/mol. The number of esters is 1. The molecule has 3 aromatic rings. The first-order chi connectivity index (χ1) is 11.7. The summed E-state index contributed by atoms with van der Waals surface area (Å²) >= 11 is 0. The largest absolute Gasteiger partial charge is 0.465 e. The van der Waals surface area contributed by atoms with Crippen molar-refractivity contribution >= 4 is 11.6 Å². The van der Waals surface area contributed by atoms with Gasteiger partial charge in [0.15, 0.2) is 11.5 Å². The third-order valence-electron chi connectivity index (χ3n) is 3.72. The van der Waals surface area contributed by atoms with Gasteiger partial charge in [0.05, 0.1) is 13.7 Å². The summed E-state index contributed by atoms with van der Waals surface area (Å²) in [5.74, 6) is 0.165. The summed E-state index contributed by atoms with van der Waals surface area (Å²) in [6.45, 7) is 2.43. The van der Waals surface area contributed by atoms with Gasteiger partial charge in [-0.15, -0.1) is 0 Å². The summed E-state index contributed by atoms with van der Waals surface area (Å²) < 4.78 is 11.7. The molecule has 0 atom stereocenters. The minimum Gasteiger partial charge on any atom is -0.465 e. The first kappa shape index (κ1) is 16.1. The molecule has 0 N–H and O–H groups in total. The number of nitrogens with zero attached hydrogens (tertiary/aromatic N) is 4. The average Bonchev–Trinajstić information content (AvgIpc) is 3.04. The van der Waals surface area contributed by atoms with Gasteiger partial charge in [0.2, 0.25) is 0 Å². The summed E-state index contributed by atoms with van der Waals surface area (Å²) in [6.07, 6.45) is 3.97. The maximum Gasteiger partial charge on any atom is 0.342 e. The number of aryl methyl sites for hydroxylation is 1. The molecule has 0 aliphatic carbocycles. The summed E-state index contributed by atoms with van der Waals surface area (Å²) in [7, 11) is 2.98. The fourth-order valence-electron chi connectivity index (χ4n) is 2.58. The first-order valence-corrected chi connectivity index (χ1v) is 7.52. The standard InChI is InChI=1S/C17H18N4O3/c1-11-9-13(12-5-4-7-18-10-12)15(17(22)24-3)16-19-14(6-8-23-2)20-21(11)16/h4-5,7,9-10H,6,8H2,1-3H3. The van der Waals surface area contributed by atoms with Crippen molar-refractivity contribution < 1.29 is 14.3 Å². The van der Waals surface area contributed by atoms with Crippen LogP contribution in [-0.4, -0.2) is 46.4 Å². The normalized spacial score (nSPS) is 11.0. The molecule has 0 bridgehead atoms. The molecule has 0 aliphatic rings. The van der Waals surface area contributed by atoms with Gasteiger partial charge in [-0.25, -0.2) is 14.3 Å². The van der Waals surface area contributed by atoms with Gasteiger partial charge in [0.1, 0.15) is 5.56 Å². The van der Waals surface area contributed by atoms with Crippen LogP contribution in [0, 0.1) is 6.92 Å². The van der Waals surface area contributed by atoms with Crippen molar-refractivity contribution in [3.05, 3.63) is 47.7 Å². The Kier molecular flexibility index (Phi) is 4.52. The highest BCUT2D eigenvalue weighted by atomic mass is 16.5. The van der Waals surface area contributed by atoms with Gasteiger partial charge in [0, 0.05) is 42.7 Å². The second-order valence-corrected chi connectivity index (χ2v) is 5.31. The van der Waals surface area contributed by atoms with Crippen LogP contribution in [0.15, 0.2) is 30.6 Å². The Morgan fingerprint density at radius 2 is 2.17 bits per heavy atom. The minimum absolute atomic E-state index is 0.382. The van der Waals surface area contributed by atoms with E-state index < -0.39 is 5.97 Å². The Bertz CT molecular complexity index is 874. The molecule has 3 aromatic heterocycles. The van der Waals surface area contributed by atoms with E-state index in [4.69, 9.17) is 9.47 Å². The van der Waals surface area contributed by atoms with Crippen molar-refractivity contribution in [1.82, 2.24) is 19.6 Å². The number of carbonyl (C=O) groups excluding carboxylic acids is 1. The van der Waals surface area contributed by atoms with Gasteiger partial charge >= 0.3 is 5.97 Å². The van der Waals surface area contributed by atoms with Gasteiger partial charge in [0.25, 0.3) is 0 Å². The molecule has 3 rings (SSSR count). The molecule has 7 heteroatoms. The van der Waals surface area contributed by atoms with Crippen LogP contribution < -0.4 is 0 Å². The Morgan fingerprint density at radius 3 is 2.83 bits per heavy atom. The van der Waals surface area contributed by atoms with Gasteiger partial charge in [-0.2, -0.15) is 5.10 Å². The number of pyridine rings is 2. The van der Waals surface area contributed by atoms with E-state index in [1.165, 1.54) is 7.11 Å². The third-order valence-corrected chi connectivity index (χ3v) is 3.72. The highest BCUT2D eigenvalue weighted by molar-refractivity contribution is 6.03. The zero-order valence-corrected chi connectivity index (χ0v) is 13.8. The molecular formula is C17H18N4O3. The molecule has 0 aliphatic heterocycles. The van der Waals surface area contributed by atoms with E-state index in [1.807, 2.05) is 25.1 Å². The van der Waals surface area contributed by atoms with Crippen LogP contribution in [-0.2, 0) is 15.9 Å². The lowest BCUT2D eigenvalue weighted by Crippen LogP contribution is -2.09. The predicted molar refractivity (Wildman–Crippen MR) is 87.9 cm³/mol. The number of hydrogen-bond donors (Lipinski definition) is 0. The van der Waals surface area contributed by atoms with Gasteiger partial charge in [-0.05, 0) is 19.1 Å². The summed E-state index contributed by atoms with van der Waals surface area (Å²) in [6, 6.07) is 5.61. The number of rotatable bonds is 5. The highest BCUT2D eigenvalue weighted by Gasteiger charge is 2.22. The van der Waals surface area contributed by atoms with E-state index >= 15 is 0 Å². The molecule has 0 saturated carbocycles. The second-order valence-electron chi connectivity index (χ2n) is 5.31.